The van der Waals surface area contributed by atoms with E-state index in [1.54, 1.807) is 43.3 Å². The number of anilines is 3. The molecule has 0 aromatic heterocycles. The highest BCUT2D eigenvalue weighted by atomic mass is 79.9. The summed E-state index contributed by atoms with van der Waals surface area (Å²) < 4.78 is 54.7. The zero-order valence-corrected chi connectivity index (χ0v) is 23.0. The van der Waals surface area contributed by atoms with Crippen LogP contribution in [0.1, 0.15) is 12.5 Å². The van der Waals surface area contributed by atoms with Gasteiger partial charge in [0.15, 0.2) is 0 Å². The fraction of sp³-hybridized carbons (Fsp3) is 0.174. The van der Waals surface area contributed by atoms with Crippen LogP contribution in [0.3, 0.4) is 0 Å². The lowest BCUT2D eigenvalue weighted by atomic mass is 10.1. The summed E-state index contributed by atoms with van der Waals surface area (Å²) in [4.78, 5) is 12.9. The lowest BCUT2D eigenvalue weighted by molar-refractivity contribution is -0.116. The molecule has 0 unspecified atom stereocenters. The van der Waals surface area contributed by atoms with Gasteiger partial charge in [-0.05, 0) is 80.1 Å². The van der Waals surface area contributed by atoms with Crippen LogP contribution in [0, 0.1) is 6.92 Å². The number of amides is 1. The van der Waals surface area contributed by atoms with Crippen LogP contribution in [-0.4, -0.2) is 35.0 Å². The average Bonchev–Trinajstić information content (AvgIpc) is 2.77. The van der Waals surface area contributed by atoms with Gasteiger partial charge in [0.1, 0.15) is 6.04 Å². The molecular formula is C23H23BrClN3O5S2. The lowest BCUT2D eigenvalue weighted by Gasteiger charge is -2.29. The van der Waals surface area contributed by atoms with E-state index in [9.17, 15) is 21.6 Å². The Bertz CT molecular complexity index is 1450. The highest BCUT2D eigenvalue weighted by molar-refractivity contribution is 9.10. The summed E-state index contributed by atoms with van der Waals surface area (Å²) >= 11 is 9.35. The van der Waals surface area contributed by atoms with Crippen molar-refractivity contribution in [2.45, 2.75) is 24.8 Å². The largest absolute Gasteiger partial charge is 0.324 e. The number of sulfonamides is 2. The Labute approximate surface area is 218 Å². The van der Waals surface area contributed by atoms with Crippen molar-refractivity contribution >= 4 is 70.5 Å². The molecule has 2 N–H and O–H groups in total. The summed E-state index contributed by atoms with van der Waals surface area (Å²) in [7, 11) is -7.67. The van der Waals surface area contributed by atoms with Gasteiger partial charge in [0.05, 0.1) is 16.8 Å². The minimum atomic E-state index is -3.84. The summed E-state index contributed by atoms with van der Waals surface area (Å²) in [6, 6.07) is 15.9. The van der Waals surface area contributed by atoms with Crippen molar-refractivity contribution in [2.75, 3.05) is 20.6 Å². The van der Waals surface area contributed by atoms with Crippen LogP contribution in [0.5, 0.6) is 0 Å². The molecule has 0 fully saturated rings. The number of carbonyl (C=O) groups excluding carboxylic acids is 1. The lowest BCUT2D eigenvalue weighted by Crippen LogP contribution is -2.45. The van der Waals surface area contributed by atoms with Crippen LogP contribution >= 0.6 is 27.5 Å². The molecule has 0 saturated carbocycles. The van der Waals surface area contributed by atoms with Crippen molar-refractivity contribution in [3.05, 3.63) is 81.8 Å². The van der Waals surface area contributed by atoms with Gasteiger partial charge in [-0.2, -0.15) is 0 Å². The van der Waals surface area contributed by atoms with Crippen LogP contribution in [0.25, 0.3) is 0 Å². The second kappa shape index (κ2) is 10.6. The molecule has 35 heavy (non-hydrogen) atoms. The first kappa shape index (κ1) is 27.0. The van der Waals surface area contributed by atoms with Crippen LogP contribution in [0.15, 0.2) is 76.1 Å². The van der Waals surface area contributed by atoms with Crippen molar-refractivity contribution in [1.29, 1.82) is 0 Å². The van der Waals surface area contributed by atoms with Crippen LogP contribution in [0.2, 0.25) is 5.02 Å². The number of hydrogen-bond donors (Lipinski definition) is 2. The van der Waals surface area contributed by atoms with Gasteiger partial charge in [0.25, 0.3) is 10.0 Å². The molecule has 0 bridgehead atoms. The van der Waals surface area contributed by atoms with Gasteiger partial charge in [-0.15, -0.1) is 0 Å². The number of nitrogens with zero attached hydrogens (tertiary/aromatic N) is 1. The number of carbonyl (C=O) groups is 1. The Morgan fingerprint density at radius 1 is 0.943 bits per heavy atom. The summed E-state index contributed by atoms with van der Waals surface area (Å²) in [6.45, 7) is 3.17. The quantitative estimate of drug-likeness (QED) is 0.378. The zero-order valence-electron chi connectivity index (χ0n) is 19.0. The molecular weight excluding hydrogens is 578 g/mol. The molecule has 0 saturated heterocycles. The van der Waals surface area contributed by atoms with Crippen molar-refractivity contribution in [3.8, 4) is 0 Å². The maximum Gasteiger partial charge on any atom is 0.261 e. The SMILES string of the molecule is Cc1ccc(Cl)cc1N([C@@H](C)C(=O)Nc1ccc(S(=O)(=O)Nc2ccc(Br)cc2)cc1)S(C)(=O)=O. The van der Waals surface area contributed by atoms with E-state index in [-0.39, 0.29) is 4.90 Å². The molecule has 0 aliphatic rings. The molecule has 0 spiro atoms. The smallest absolute Gasteiger partial charge is 0.261 e. The van der Waals surface area contributed by atoms with Crippen LogP contribution in [0.4, 0.5) is 17.1 Å². The van der Waals surface area contributed by atoms with Gasteiger partial charge in [0, 0.05) is 20.9 Å². The Morgan fingerprint density at radius 2 is 1.51 bits per heavy atom. The first-order chi connectivity index (χ1) is 16.3. The highest BCUT2D eigenvalue weighted by Gasteiger charge is 2.30. The number of aryl methyl sites for hydroxylation is 1. The van der Waals surface area contributed by atoms with Gasteiger partial charge in [-0.25, -0.2) is 16.8 Å². The molecule has 0 radical (unpaired) electrons. The molecule has 0 heterocycles. The molecule has 1 amide bonds. The fourth-order valence-electron chi connectivity index (χ4n) is 3.30. The van der Waals surface area contributed by atoms with E-state index in [0.717, 1.165) is 15.0 Å². The molecule has 3 aromatic rings. The minimum absolute atomic E-state index is 0.00113. The fourth-order valence-corrected chi connectivity index (χ4v) is 6.01. The van der Waals surface area contributed by atoms with E-state index in [2.05, 4.69) is 26.0 Å². The predicted molar refractivity (Wildman–Crippen MR) is 143 cm³/mol. The summed E-state index contributed by atoms with van der Waals surface area (Å²) in [5.41, 5.74) is 1.63. The normalized spacial score (nSPS) is 12.6. The van der Waals surface area contributed by atoms with Crippen molar-refractivity contribution < 1.29 is 21.6 Å². The molecule has 0 aliphatic carbocycles. The Morgan fingerprint density at radius 3 is 2.09 bits per heavy atom. The van der Waals surface area contributed by atoms with Crippen LogP contribution < -0.4 is 14.3 Å². The molecule has 8 nitrogen and oxygen atoms in total. The summed E-state index contributed by atoms with van der Waals surface area (Å²) in [6.07, 6.45) is 1.01. The van der Waals surface area contributed by atoms with Crippen molar-refractivity contribution in [1.82, 2.24) is 0 Å². The number of benzene rings is 3. The van der Waals surface area contributed by atoms with Gasteiger partial charge in [-0.1, -0.05) is 33.6 Å². The molecule has 12 heteroatoms. The first-order valence-electron chi connectivity index (χ1n) is 10.2. The van der Waals surface area contributed by atoms with E-state index in [1.807, 2.05) is 0 Å². The number of rotatable bonds is 8. The molecule has 0 aliphatic heterocycles. The van der Waals surface area contributed by atoms with E-state index in [0.29, 0.717) is 27.6 Å². The number of hydrogen-bond acceptors (Lipinski definition) is 5. The highest BCUT2D eigenvalue weighted by Crippen LogP contribution is 2.29. The van der Waals surface area contributed by atoms with E-state index in [1.165, 1.54) is 37.3 Å². The number of halogens is 2. The molecule has 3 rings (SSSR count). The Hall–Kier alpha value is -2.60. The molecule has 3 aromatic carbocycles. The van der Waals surface area contributed by atoms with Crippen molar-refractivity contribution in [2.24, 2.45) is 0 Å². The van der Waals surface area contributed by atoms with Crippen molar-refractivity contribution in [3.63, 3.8) is 0 Å². The minimum Gasteiger partial charge on any atom is -0.324 e. The zero-order chi connectivity index (χ0) is 26.0. The third kappa shape index (κ3) is 6.75. The van der Waals surface area contributed by atoms with Gasteiger partial charge in [-0.3, -0.25) is 13.8 Å². The second-order valence-corrected chi connectivity index (χ2v) is 12.7. The predicted octanol–water partition coefficient (Wildman–Crippen LogP) is 5.00. The van der Waals surface area contributed by atoms with Gasteiger partial charge in [0.2, 0.25) is 15.9 Å². The maximum absolute atomic E-state index is 12.9. The summed E-state index contributed by atoms with van der Waals surface area (Å²) in [5, 5.41) is 2.97. The molecule has 1 atom stereocenters. The standard InChI is InChI=1S/C23H23BrClN3O5S2/c1-15-4-7-18(25)14-22(15)28(34(3,30)31)16(2)23(29)26-19-10-12-21(13-11-19)35(32,33)27-20-8-5-17(24)6-9-20/h4-14,16,27H,1-3H3,(H,26,29)/t16-/m0/s1. The third-order valence-electron chi connectivity index (χ3n) is 5.03. The van der Waals surface area contributed by atoms with Gasteiger partial charge < -0.3 is 5.32 Å². The van der Waals surface area contributed by atoms with E-state index in [4.69, 9.17) is 11.6 Å². The monoisotopic (exact) mass is 599 g/mol. The summed E-state index contributed by atoms with van der Waals surface area (Å²) in [5.74, 6) is -0.599. The van der Waals surface area contributed by atoms with Crippen LogP contribution in [-0.2, 0) is 24.8 Å². The first-order valence-corrected chi connectivity index (χ1v) is 14.7. The third-order valence-corrected chi connectivity index (χ3v) is 8.41. The van der Waals surface area contributed by atoms with E-state index < -0.39 is 32.0 Å². The Kier molecular flexibility index (Phi) is 8.15. The van der Waals surface area contributed by atoms with E-state index >= 15 is 0 Å². The topological polar surface area (TPSA) is 113 Å². The van der Waals surface area contributed by atoms with Gasteiger partial charge >= 0.3 is 0 Å². The Balaban J connectivity index is 1.79. The number of nitrogens with one attached hydrogen (secondary N) is 2. The average molecular weight is 601 g/mol. The second-order valence-electron chi connectivity index (χ2n) is 7.79. The maximum atomic E-state index is 12.9. The molecule has 186 valence electrons.